The minimum Gasteiger partial charge on any atom is -0.410 e. The van der Waals surface area contributed by atoms with Crippen LogP contribution in [-0.2, 0) is 11.2 Å². The number of hydrogen-bond donors (Lipinski definition) is 1. The molecule has 5 nitrogen and oxygen atoms in total. The Bertz CT molecular complexity index is 730. The van der Waals surface area contributed by atoms with Crippen LogP contribution in [0, 0.1) is 0 Å². The Kier molecular flexibility index (Phi) is 5.20. The molecule has 128 valence electrons. The van der Waals surface area contributed by atoms with E-state index in [-0.39, 0.29) is 0 Å². The van der Waals surface area contributed by atoms with Crippen LogP contribution in [0.2, 0.25) is 0 Å². The summed E-state index contributed by atoms with van der Waals surface area (Å²) in [5.41, 5.74) is 2.47. The molecular weight excluding hydrogens is 304 g/mol. The number of hydrogen-bond acceptors (Lipinski definition) is 4. The lowest BCUT2D eigenvalue weighted by molar-refractivity contribution is 0.134. The van der Waals surface area contributed by atoms with Crippen LogP contribution >= 0.6 is 0 Å². The molecule has 0 radical (unpaired) electrons. The number of amides is 1. The van der Waals surface area contributed by atoms with Crippen LogP contribution in [0.4, 0.5) is 10.5 Å². The van der Waals surface area contributed by atoms with Crippen molar-refractivity contribution in [3.63, 3.8) is 0 Å². The molecule has 0 unspecified atom stereocenters. The maximum absolute atomic E-state index is 12.1. The zero-order valence-corrected chi connectivity index (χ0v) is 14.3. The summed E-state index contributed by atoms with van der Waals surface area (Å²) >= 11 is 0. The average molecular weight is 328 g/mol. The molecular formula is C19H24N2O3. The average Bonchev–Trinajstić information content (AvgIpc) is 2.96. The molecule has 0 fully saturated rings. The van der Waals surface area contributed by atoms with Crippen molar-refractivity contribution >= 4 is 22.6 Å². The molecule has 1 amide bonds. The van der Waals surface area contributed by atoms with Crippen molar-refractivity contribution in [3.8, 4) is 5.75 Å². The molecule has 1 heterocycles. The Balaban J connectivity index is 1.75. The standard InChI is InChI=1S/C19H24N2O3/c1-3-11-23-12-9-20-19(22)24-18-13-17-15(8-10-21(17)2)14-6-4-5-7-16(14)18/h4-7,13H,3,8-12H2,1-2H3,(H,20,22). The van der Waals surface area contributed by atoms with Gasteiger partial charge in [0.1, 0.15) is 5.75 Å². The molecule has 1 aliphatic heterocycles. The van der Waals surface area contributed by atoms with Crippen LogP contribution < -0.4 is 15.0 Å². The van der Waals surface area contributed by atoms with E-state index in [1.807, 2.05) is 24.3 Å². The first-order valence-electron chi connectivity index (χ1n) is 8.50. The quantitative estimate of drug-likeness (QED) is 0.826. The van der Waals surface area contributed by atoms with Crippen LogP contribution in [0.15, 0.2) is 30.3 Å². The van der Waals surface area contributed by atoms with Gasteiger partial charge in [0, 0.05) is 43.9 Å². The predicted molar refractivity (Wildman–Crippen MR) is 96.1 cm³/mol. The molecule has 0 atom stereocenters. The molecule has 0 aliphatic carbocycles. The monoisotopic (exact) mass is 328 g/mol. The second-order valence-corrected chi connectivity index (χ2v) is 6.02. The van der Waals surface area contributed by atoms with E-state index in [1.54, 1.807) is 0 Å². The third-order valence-corrected chi connectivity index (χ3v) is 4.27. The number of benzene rings is 2. The topological polar surface area (TPSA) is 50.8 Å². The lowest BCUT2D eigenvalue weighted by Crippen LogP contribution is -2.30. The van der Waals surface area contributed by atoms with Crippen molar-refractivity contribution in [2.45, 2.75) is 19.8 Å². The van der Waals surface area contributed by atoms with Crippen LogP contribution in [0.1, 0.15) is 18.9 Å². The Hall–Kier alpha value is -2.27. The van der Waals surface area contributed by atoms with Gasteiger partial charge in [0.05, 0.1) is 6.61 Å². The SMILES string of the molecule is CCCOCCNC(=O)Oc1cc2c(c3ccccc13)CCN2C. The number of ether oxygens (including phenoxy) is 2. The summed E-state index contributed by atoms with van der Waals surface area (Å²) in [6, 6.07) is 10.1. The molecule has 1 N–H and O–H groups in total. The van der Waals surface area contributed by atoms with Crippen LogP contribution in [0.3, 0.4) is 0 Å². The first-order valence-corrected chi connectivity index (χ1v) is 8.50. The minimum absolute atomic E-state index is 0.444. The third kappa shape index (κ3) is 3.46. The molecule has 0 spiro atoms. The van der Waals surface area contributed by atoms with Gasteiger partial charge < -0.3 is 19.7 Å². The summed E-state index contributed by atoms with van der Waals surface area (Å²) in [4.78, 5) is 14.3. The zero-order valence-electron chi connectivity index (χ0n) is 14.3. The van der Waals surface area contributed by atoms with Gasteiger partial charge in [0.15, 0.2) is 0 Å². The lowest BCUT2D eigenvalue weighted by atomic mass is 10.0. The largest absolute Gasteiger partial charge is 0.412 e. The van der Waals surface area contributed by atoms with Crippen LogP contribution in [0.5, 0.6) is 5.75 Å². The van der Waals surface area contributed by atoms with Gasteiger partial charge in [-0.25, -0.2) is 4.79 Å². The van der Waals surface area contributed by atoms with Gasteiger partial charge >= 0.3 is 6.09 Å². The second kappa shape index (κ2) is 7.53. The molecule has 0 bridgehead atoms. The van der Waals surface area contributed by atoms with E-state index in [2.05, 4.69) is 30.3 Å². The highest BCUT2D eigenvalue weighted by Gasteiger charge is 2.21. The maximum atomic E-state index is 12.1. The Morgan fingerprint density at radius 2 is 2.04 bits per heavy atom. The van der Waals surface area contributed by atoms with Crippen LogP contribution in [0.25, 0.3) is 10.8 Å². The summed E-state index contributed by atoms with van der Waals surface area (Å²) in [6.07, 6.45) is 1.55. The molecule has 5 heteroatoms. The smallest absolute Gasteiger partial charge is 0.410 e. The van der Waals surface area contributed by atoms with Crippen molar-refractivity contribution in [1.82, 2.24) is 5.32 Å². The normalized spacial score (nSPS) is 13.2. The Labute approximate surface area is 142 Å². The van der Waals surface area contributed by atoms with E-state index >= 15 is 0 Å². The molecule has 24 heavy (non-hydrogen) atoms. The summed E-state index contributed by atoms with van der Waals surface area (Å²) in [5.74, 6) is 0.602. The van der Waals surface area contributed by atoms with E-state index in [0.29, 0.717) is 25.5 Å². The van der Waals surface area contributed by atoms with Gasteiger partial charge in [-0.2, -0.15) is 0 Å². The summed E-state index contributed by atoms with van der Waals surface area (Å²) < 4.78 is 10.9. The van der Waals surface area contributed by atoms with Crippen molar-refractivity contribution < 1.29 is 14.3 Å². The number of nitrogens with one attached hydrogen (secondary N) is 1. The Morgan fingerprint density at radius 3 is 2.83 bits per heavy atom. The number of anilines is 1. The van der Waals surface area contributed by atoms with E-state index < -0.39 is 6.09 Å². The number of likely N-dealkylation sites (N-methyl/N-ethyl adjacent to an activating group) is 1. The molecule has 1 aliphatic rings. The molecule has 2 aromatic rings. The number of carbonyl (C=O) groups excluding carboxylic acids is 1. The Morgan fingerprint density at radius 1 is 1.25 bits per heavy atom. The fraction of sp³-hybridized carbons (Fsp3) is 0.421. The molecule has 0 aromatic heterocycles. The van der Waals surface area contributed by atoms with Crippen molar-refractivity contribution in [1.29, 1.82) is 0 Å². The van der Waals surface area contributed by atoms with Gasteiger partial charge in [-0.15, -0.1) is 0 Å². The predicted octanol–water partition coefficient (Wildman–Crippen LogP) is 3.35. The van der Waals surface area contributed by atoms with Crippen molar-refractivity contribution in [2.24, 2.45) is 0 Å². The van der Waals surface area contributed by atoms with Gasteiger partial charge in [-0.3, -0.25) is 0 Å². The summed E-state index contributed by atoms with van der Waals surface area (Å²) in [6.45, 7) is 4.69. The van der Waals surface area contributed by atoms with Gasteiger partial charge in [0.2, 0.25) is 0 Å². The highest BCUT2D eigenvalue weighted by molar-refractivity contribution is 5.97. The highest BCUT2D eigenvalue weighted by Crippen LogP contribution is 2.39. The molecule has 0 saturated heterocycles. The molecule has 0 saturated carbocycles. The minimum atomic E-state index is -0.444. The maximum Gasteiger partial charge on any atom is 0.412 e. The first kappa shape index (κ1) is 16.6. The van der Waals surface area contributed by atoms with Gasteiger partial charge in [-0.05, 0) is 23.8 Å². The fourth-order valence-corrected chi connectivity index (χ4v) is 3.08. The van der Waals surface area contributed by atoms with Crippen molar-refractivity contribution in [3.05, 3.63) is 35.9 Å². The summed E-state index contributed by atoms with van der Waals surface area (Å²) in [7, 11) is 2.07. The van der Waals surface area contributed by atoms with E-state index in [0.717, 1.165) is 35.8 Å². The zero-order chi connectivity index (χ0) is 16.9. The van der Waals surface area contributed by atoms with Crippen LogP contribution in [-0.4, -0.2) is 39.4 Å². The second-order valence-electron chi connectivity index (χ2n) is 6.02. The van der Waals surface area contributed by atoms with E-state index in [4.69, 9.17) is 9.47 Å². The molecule has 2 aromatic carbocycles. The number of nitrogens with zero attached hydrogens (tertiary/aromatic N) is 1. The van der Waals surface area contributed by atoms with Gasteiger partial charge in [-0.1, -0.05) is 31.2 Å². The fourth-order valence-electron chi connectivity index (χ4n) is 3.08. The highest BCUT2D eigenvalue weighted by atomic mass is 16.6. The molecule has 3 rings (SSSR count). The first-order chi connectivity index (χ1) is 11.7. The number of carbonyl (C=O) groups is 1. The van der Waals surface area contributed by atoms with E-state index in [1.165, 1.54) is 5.56 Å². The van der Waals surface area contributed by atoms with E-state index in [9.17, 15) is 4.79 Å². The van der Waals surface area contributed by atoms with Gasteiger partial charge in [0.25, 0.3) is 0 Å². The van der Waals surface area contributed by atoms with Crippen molar-refractivity contribution in [2.75, 3.05) is 38.3 Å². The lowest BCUT2D eigenvalue weighted by Gasteiger charge is -2.16. The summed E-state index contributed by atoms with van der Waals surface area (Å²) in [5, 5.41) is 4.87. The number of fused-ring (bicyclic) bond motifs is 3. The number of rotatable bonds is 6. The third-order valence-electron chi connectivity index (χ3n) is 4.27.